The minimum atomic E-state index is 0.225. The Labute approximate surface area is 165 Å². The van der Waals surface area contributed by atoms with Crippen molar-refractivity contribution >= 4 is 5.71 Å². The molecular formula is C24H25NO3. The summed E-state index contributed by atoms with van der Waals surface area (Å²) in [4.78, 5) is 0. The fourth-order valence-corrected chi connectivity index (χ4v) is 2.84. The largest absolute Gasteiger partial charge is 0.508 e. The van der Waals surface area contributed by atoms with Crippen LogP contribution in [0.5, 0.6) is 17.2 Å². The zero-order chi connectivity index (χ0) is 19.8. The molecule has 0 aliphatic rings. The Morgan fingerprint density at radius 2 is 1.61 bits per heavy atom. The lowest BCUT2D eigenvalue weighted by atomic mass is 10.1. The van der Waals surface area contributed by atoms with E-state index in [2.05, 4.69) is 6.92 Å². The summed E-state index contributed by atoms with van der Waals surface area (Å²) in [6.07, 6.45) is 1.85. The average molecular weight is 375 g/mol. The van der Waals surface area contributed by atoms with Crippen LogP contribution in [0, 0.1) is 5.41 Å². The van der Waals surface area contributed by atoms with Gasteiger partial charge in [0.1, 0.15) is 30.5 Å². The van der Waals surface area contributed by atoms with Crippen LogP contribution in [0.2, 0.25) is 0 Å². The highest BCUT2D eigenvalue weighted by atomic mass is 16.5. The third-order valence-electron chi connectivity index (χ3n) is 4.41. The predicted octanol–water partition coefficient (Wildman–Crippen LogP) is 5.37. The van der Waals surface area contributed by atoms with Crippen molar-refractivity contribution in [3.63, 3.8) is 0 Å². The first kappa shape index (κ1) is 19.5. The fourth-order valence-electron chi connectivity index (χ4n) is 2.84. The number of aromatic hydroxyl groups is 1. The summed E-state index contributed by atoms with van der Waals surface area (Å²) < 4.78 is 11.5. The van der Waals surface area contributed by atoms with E-state index < -0.39 is 0 Å². The van der Waals surface area contributed by atoms with Crippen molar-refractivity contribution in [1.82, 2.24) is 0 Å². The molecular weight excluding hydrogens is 350 g/mol. The number of phenolic OH excluding ortho intramolecular Hbond substituents is 1. The number of nitrogens with one attached hydrogen (secondary N) is 1. The molecule has 0 aromatic heterocycles. The molecule has 144 valence electrons. The van der Waals surface area contributed by atoms with Crippen molar-refractivity contribution in [2.75, 3.05) is 6.61 Å². The Morgan fingerprint density at radius 1 is 0.893 bits per heavy atom. The summed E-state index contributed by atoms with van der Waals surface area (Å²) in [6.45, 7) is 2.72. The Balaban J connectivity index is 1.50. The van der Waals surface area contributed by atoms with E-state index in [0.29, 0.717) is 23.8 Å². The number of hydrogen-bond acceptors (Lipinski definition) is 4. The lowest BCUT2D eigenvalue weighted by Gasteiger charge is -2.10. The molecule has 0 unspecified atom stereocenters. The molecule has 28 heavy (non-hydrogen) atoms. The van der Waals surface area contributed by atoms with E-state index in [1.54, 1.807) is 6.07 Å². The number of rotatable bonds is 9. The molecule has 0 aliphatic carbocycles. The molecule has 3 rings (SSSR count). The second-order valence-electron chi connectivity index (χ2n) is 6.61. The first-order valence-electron chi connectivity index (χ1n) is 9.45. The van der Waals surface area contributed by atoms with Crippen molar-refractivity contribution in [3.8, 4) is 17.2 Å². The van der Waals surface area contributed by atoms with E-state index in [1.165, 1.54) is 0 Å². The summed E-state index contributed by atoms with van der Waals surface area (Å²) in [5.41, 5.74) is 3.25. The maximum atomic E-state index is 10.0. The van der Waals surface area contributed by atoms with Gasteiger partial charge in [-0.05, 0) is 41.3 Å². The number of aryl methyl sites for hydroxylation is 1. The molecule has 0 radical (unpaired) electrons. The van der Waals surface area contributed by atoms with Crippen LogP contribution in [0.15, 0.2) is 72.8 Å². The molecule has 3 aromatic carbocycles. The van der Waals surface area contributed by atoms with Gasteiger partial charge in [-0.2, -0.15) is 0 Å². The Kier molecular flexibility index (Phi) is 6.68. The summed E-state index contributed by atoms with van der Waals surface area (Å²) in [6, 6.07) is 22.6. The molecule has 2 N–H and O–H groups in total. The molecule has 0 saturated carbocycles. The van der Waals surface area contributed by atoms with Crippen molar-refractivity contribution in [2.24, 2.45) is 0 Å². The van der Waals surface area contributed by atoms with Crippen LogP contribution >= 0.6 is 0 Å². The number of ether oxygens (including phenoxy) is 2. The molecule has 0 amide bonds. The first-order valence-corrected chi connectivity index (χ1v) is 9.45. The molecule has 3 aromatic rings. The molecule has 0 fully saturated rings. The topological polar surface area (TPSA) is 62.5 Å². The van der Waals surface area contributed by atoms with E-state index >= 15 is 0 Å². The smallest absolute Gasteiger partial charge is 0.130 e. The van der Waals surface area contributed by atoms with Crippen LogP contribution in [-0.2, 0) is 13.0 Å². The third kappa shape index (κ3) is 5.36. The van der Waals surface area contributed by atoms with Gasteiger partial charge in [0.25, 0.3) is 0 Å². The molecule has 4 heteroatoms. The average Bonchev–Trinajstić information content (AvgIpc) is 2.74. The van der Waals surface area contributed by atoms with E-state index in [0.717, 1.165) is 29.5 Å². The van der Waals surface area contributed by atoms with Crippen LogP contribution in [0.25, 0.3) is 0 Å². The molecule has 0 atom stereocenters. The van der Waals surface area contributed by atoms with E-state index in [-0.39, 0.29) is 12.4 Å². The van der Waals surface area contributed by atoms with Crippen LogP contribution in [0.4, 0.5) is 0 Å². The lowest BCUT2D eigenvalue weighted by molar-refractivity contribution is 0.303. The highest BCUT2D eigenvalue weighted by Crippen LogP contribution is 2.25. The lowest BCUT2D eigenvalue weighted by Crippen LogP contribution is -2.11. The number of phenols is 1. The normalized spacial score (nSPS) is 10.5. The first-order chi connectivity index (χ1) is 13.7. The van der Waals surface area contributed by atoms with Crippen molar-refractivity contribution in [3.05, 3.63) is 89.5 Å². The van der Waals surface area contributed by atoms with Crippen molar-refractivity contribution < 1.29 is 14.6 Å². The molecule has 0 heterocycles. The third-order valence-corrected chi connectivity index (χ3v) is 4.41. The second kappa shape index (κ2) is 9.60. The minimum Gasteiger partial charge on any atom is -0.508 e. The Bertz CT molecular complexity index is 905. The Hall–Kier alpha value is -3.27. The zero-order valence-electron chi connectivity index (χ0n) is 16.0. The quantitative estimate of drug-likeness (QED) is 0.494. The zero-order valence-corrected chi connectivity index (χ0v) is 16.0. The van der Waals surface area contributed by atoms with Gasteiger partial charge in [0.2, 0.25) is 0 Å². The van der Waals surface area contributed by atoms with E-state index in [9.17, 15) is 5.11 Å². The molecule has 0 aliphatic heterocycles. The van der Waals surface area contributed by atoms with Crippen molar-refractivity contribution in [1.29, 1.82) is 5.41 Å². The maximum Gasteiger partial charge on any atom is 0.130 e. The van der Waals surface area contributed by atoms with E-state index in [4.69, 9.17) is 14.9 Å². The molecule has 4 nitrogen and oxygen atoms in total. The maximum absolute atomic E-state index is 10.0. The van der Waals surface area contributed by atoms with E-state index in [1.807, 2.05) is 66.7 Å². The van der Waals surface area contributed by atoms with Gasteiger partial charge in [0.15, 0.2) is 0 Å². The summed E-state index contributed by atoms with van der Waals surface area (Å²) >= 11 is 0. The van der Waals surface area contributed by atoms with Gasteiger partial charge in [-0.1, -0.05) is 61.9 Å². The predicted molar refractivity (Wildman–Crippen MR) is 112 cm³/mol. The summed E-state index contributed by atoms with van der Waals surface area (Å²) in [5.74, 6) is 1.64. The number of hydrogen-bond donors (Lipinski definition) is 2. The SMILES string of the molecule is CCCc1ccc(OCc2ccc(OCC(=N)c3ccccc3)cc2)cc1O. The van der Waals surface area contributed by atoms with Gasteiger partial charge in [-0.15, -0.1) is 0 Å². The van der Waals surface area contributed by atoms with Crippen LogP contribution in [-0.4, -0.2) is 17.4 Å². The standard InChI is InChI=1S/C24H25NO3/c1-2-6-20-11-14-22(15-24(20)26)27-16-18-9-12-21(13-10-18)28-17-23(25)19-7-4-3-5-8-19/h3-5,7-15,25-26H,2,6,16-17H2,1H3. The Morgan fingerprint density at radius 3 is 2.29 bits per heavy atom. The van der Waals surface area contributed by atoms with Crippen LogP contribution in [0.1, 0.15) is 30.0 Å². The van der Waals surface area contributed by atoms with Crippen LogP contribution < -0.4 is 9.47 Å². The fraction of sp³-hybridized carbons (Fsp3) is 0.208. The highest BCUT2D eigenvalue weighted by molar-refractivity contribution is 5.99. The molecule has 0 bridgehead atoms. The second-order valence-corrected chi connectivity index (χ2v) is 6.61. The van der Waals surface area contributed by atoms with Gasteiger partial charge in [0, 0.05) is 6.07 Å². The number of benzene rings is 3. The van der Waals surface area contributed by atoms with Crippen LogP contribution in [0.3, 0.4) is 0 Å². The highest BCUT2D eigenvalue weighted by Gasteiger charge is 2.05. The molecule has 0 saturated heterocycles. The summed E-state index contributed by atoms with van der Waals surface area (Å²) in [5, 5.41) is 18.1. The van der Waals surface area contributed by atoms with Gasteiger partial charge in [-0.3, -0.25) is 0 Å². The van der Waals surface area contributed by atoms with Gasteiger partial charge in [-0.25, -0.2) is 0 Å². The van der Waals surface area contributed by atoms with Gasteiger partial charge < -0.3 is 20.0 Å². The monoisotopic (exact) mass is 375 g/mol. The molecule has 0 spiro atoms. The van der Waals surface area contributed by atoms with Crippen molar-refractivity contribution in [2.45, 2.75) is 26.4 Å². The minimum absolute atomic E-state index is 0.225. The van der Waals surface area contributed by atoms with Gasteiger partial charge >= 0.3 is 0 Å². The summed E-state index contributed by atoms with van der Waals surface area (Å²) in [7, 11) is 0. The van der Waals surface area contributed by atoms with Gasteiger partial charge in [0.05, 0.1) is 5.71 Å².